The summed E-state index contributed by atoms with van der Waals surface area (Å²) in [6.07, 6.45) is 5.46. The first-order valence-electron chi connectivity index (χ1n) is 4.97. The van der Waals surface area contributed by atoms with Crippen molar-refractivity contribution in [1.29, 1.82) is 0 Å². The summed E-state index contributed by atoms with van der Waals surface area (Å²) in [7, 11) is 4.20. The van der Waals surface area contributed by atoms with Crippen LogP contribution in [0.2, 0.25) is 0 Å². The lowest BCUT2D eigenvalue weighted by atomic mass is 9.81. The molecule has 0 radical (unpaired) electrons. The van der Waals surface area contributed by atoms with Crippen molar-refractivity contribution >= 4 is 0 Å². The molecule has 0 N–H and O–H groups in total. The van der Waals surface area contributed by atoms with E-state index in [9.17, 15) is 0 Å². The molecule has 0 bridgehead atoms. The maximum atomic E-state index is 4.13. The average Bonchev–Trinajstić information content (AvgIpc) is 2.04. The SMILES string of the molecule is C=C(C1CCC(C)CC1)N(C)C. The van der Waals surface area contributed by atoms with E-state index in [0.29, 0.717) is 0 Å². The molecular formula is C11H21N. The fourth-order valence-corrected chi connectivity index (χ4v) is 1.96. The first-order valence-corrected chi connectivity index (χ1v) is 4.97. The van der Waals surface area contributed by atoms with Gasteiger partial charge >= 0.3 is 0 Å². The molecule has 1 heteroatoms. The molecule has 1 rings (SSSR count). The minimum atomic E-state index is 0.760. The van der Waals surface area contributed by atoms with Crippen LogP contribution in [0.3, 0.4) is 0 Å². The van der Waals surface area contributed by atoms with Crippen LogP contribution < -0.4 is 0 Å². The summed E-state index contributed by atoms with van der Waals surface area (Å²) < 4.78 is 0. The summed E-state index contributed by atoms with van der Waals surface area (Å²) in [4.78, 5) is 2.17. The molecule has 0 saturated heterocycles. The van der Waals surface area contributed by atoms with Gasteiger partial charge in [0.15, 0.2) is 0 Å². The molecule has 1 aliphatic carbocycles. The highest BCUT2D eigenvalue weighted by Crippen LogP contribution is 2.32. The van der Waals surface area contributed by atoms with Gasteiger partial charge in [0.25, 0.3) is 0 Å². The van der Waals surface area contributed by atoms with Crippen molar-refractivity contribution in [1.82, 2.24) is 4.90 Å². The zero-order chi connectivity index (χ0) is 9.14. The van der Waals surface area contributed by atoms with E-state index in [0.717, 1.165) is 11.8 Å². The van der Waals surface area contributed by atoms with Gasteiger partial charge in [-0.25, -0.2) is 0 Å². The van der Waals surface area contributed by atoms with E-state index in [-0.39, 0.29) is 0 Å². The molecule has 0 amide bonds. The molecule has 0 aromatic rings. The van der Waals surface area contributed by atoms with Crippen molar-refractivity contribution in [3.05, 3.63) is 12.3 Å². The summed E-state index contributed by atoms with van der Waals surface area (Å²) in [6.45, 7) is 6.48. The lowest BCUT2D eigenvalue weighted by Gasteiger charge is -2.31. The van der Waals surface area contributed by atoms with Crippen molar-refractivity contribution in [3.63, 3.8) is 0 Å². The summed E-state index contributed by atoms with van der Waals surface area (Å²) in [5.41, 5.74) is 1.32. The molecule has 1 saturated carbocycles. The summed E-state index contributed by atoms with van der Waals surface area (Å²) >= 11 is 0. The van der Waals surface area contributed by atoms with Crippen LogP contribution in [0, 0.1) is 11.8 Å². The van der Waals surface area contributed by atoms with E-state index in [1.807, 2.05) is 0 Å². The molecular weight excluding hydrogens is 146 g/mol. The molecule has 0 aromatic heterocycles. The molecule has 0 atom stereocenters. The van der Waals surface area contributed by atoms with Crippen LogP contribution in [0.15, 0.2) is 12.3 Å². The van der Waals surface area contributed by atoms with Gasteiger partial charge in [0.1, 0.15) is 0 Å². The molecule has 0 unspecified atom stereocenters. The number of hydrogen-bond donors (Lipinski definition) is 0. The van der Waals surface area contributed by atoms with E-state index in [2.05, 4.69) is 32.5 Å². The van der Waals surface area contributed by atoms with E-state index >= 15 is 0 Å². The highest BCUT2D eigenvalue weighted by Gasteiger charge is 2.20. The Morgan fingerprint density at radius 1 is 1.17 bits per heavy atom. The first-order chi connectivity index (χ1) is 5.61. The minimum absolute atomic E-state index is 0.760. The monoisotopic (exact) mass is 167 g/mol. The third kappa shape index (κ3) is 2.26. The lowest BCUT2D eigenvalue weighted by molar-refractivity contribution is 0.282. The summed E-state index contributed by atoms with van der Waals surface area (Å²) in [5, 5.41) is 0. The second-order valence-corrected chi connectivity index (χ2v) is 4.34. The molecule has 0 aliphatic heterocycles. The maximum Gasteiger partial charge on any atom is 0.00860 e. The van der Waals surface area contributed by atoms with Crippen molar-refractivity contribution in [2.24, 2.45) is 11.8 Å². The number of nitrogens with zero attached hydrogens (tertiary/aromatic N) is 1. The molecule has 70 valence electrons. The van der Waals surface area contributed by atoms with E-state index in [1.165, 1.54) is 31.4 Å². The Morgan fingerprint density at radius 2 is 1.67 bits per heavy atom. The second-order valence-electron chi connectivity index (χ2n) is 4.34. The topological polar surface area (TPSA) is 3.24 Å². The van der Waals surface area contributed by atoms with Crippen LogP contribution in [0.1, 0.15) is 32.6 Å². The van der Waals surface area contributed by atoms with Crippen LogP contribution in [-0.4, -0.2) is 19.0 Å². The molecule has 1 fully saturated rings. The average molecular weight is 167 g/mol. The summed E-state index contributed by atoms with van der Waals surface area (Å²) in [5.74, 6) is 1.70. The number of allylic oxidation sites excluding steroid dienone is 1. The fraction of sp³-hybridized carbons (Fsp3) is 0.818. The van der Waals surface area contributed by atoms with E-state index in [4.69, 9.17) is 0 Å². The van der Waals surface area contributed by atoms with Gasteiger partial charge in [0, 0.05) is 19.8 Å². The Morgan fingerprint density at radius 3 is 2.08 bits per heavy atom. The van der Waals surface area contributed by atoms with Gasteiger partial charge in [0.2, 0.25) is 0 Å². The zero-order valence-corrected chi connectivity index (χ0v) is 8.64. The van der Waals surface area contributed by atoms with E-state index < -0.39 is 0 Å². The maximum absolute atomic E-state index is 4.13. The summed E-state index contributed by atoms with van der Waals surface area (Å²) in [6, 6.07) is 0. The molecule has 0 aromatic carbocycles. The van der Waals surface area contributed by atoms with Gasteiger partial charge in [0.05, 0.1) is 0 Å². The van der Waals surface area contributed by atoms with Gasteiger partial charge in [-0.1, -0.05) is 26.3 Å². The van der Waals surface area contributed by atoms with Crippen LogP contribution >= 0.6 is 0 Å². The molecule has 0 heterocycles. The predicted octanol–water partition coefficient (Wildman–Crippen LogP) is 2.89. The Balaban J connectivity index is 2.39. The highest BCUT2D eigenvalue weighted by molar-refractivity contribution is 4.99. The van der Waals surface area contributed by atoms with Crippen molar-refractivity contribution in [2.75, 3.05) is 14.1 Å². The van der Waals surface area contributed by atoms with Crippen LogP contribution in [0.4, 0.5) is 0 Å². The van der Waals surface area contributed by atoms with Crippen LogP contribution in [0.5, 0.6) is 0 Å². The lowest BCUT2D eigenvalue weighted by Crippen LogP contribution is -2.22. The van der Waals surface area contributed by atoms with Gasteiger partial charge < -0.3 is 4.90 Å². The Labute approximate surface area is 76.5 Å². The van der Waals surface area contributed by atoms with Crippen LogP contribution in [-0.2, 0) is 0 Å². The standard InChI is InChI=1S/C11H21N/c1-9-5-7-11(8-6-9)10(2)12(3)4/h9,11H,2,5-8H2,1,3-4H3. The molecule has 1 aliphatic rings. The molecule has 1 nitrogen and oxygen atoms in total. The van der Waals surface area contributed by atoms with Gasteiger partial charge in [-0.3, -0.25) is 0 Å². The fourth-order valence-electron chi connectivity index (χ4n) is 1.96. The van der Waals surface area contributed by atoms with Gasteiger partial charge in [-0.2, -0.15) is 0 Å². The second kappa shape index (κ2) is 3.97. The normalized spacial score (nSPS) is 29.9. The zero-order valence-electron chi connectivity index (χ0n) is 8.64. The molecule has 0 spiro atoms. The Bertz CT molecular complexity index is 152. The van der Waals surface area contributed by atoms with Crippen LogP contribution in [0.25, 0.3) is 0 Å². The van der Waals surface area contributed by atoms with Crippen molar-refractivity contribution < 1.29 is 0 Å². The van der Waals surface area contributed by atoms with E-state index in [1.54, 1.807) is 0 Å². The Hall–Kier alpha value is -0.460. The quantitative estimate of drug-likeness (QED) is 0.611. The number of hydrogen-bond acceptors (Lipinski definition) is 1. The molecule has 12 heavy (non-hydrogen) atoms. The predicted molar refractivity (Wildman–Crippen MR) is 53.9 cm³/mol. The smallest absolute Gasteiger partial charge is 0.00860 e. The first kappa shape index (κ1) is 9.63. The van der Waals surface area contributed by atoms with Gasteiger partial charge in [-0.15, -0.1) is 0 Å². The van der Waals surface area contributed by atoms with Crippen molar-refractivity contribution in [3.8, 4) is 0 Å². The number of rotatable bonds is 2. The van der Waals surface area contributed by atoms with Crippen molar-refractivity contribution in [2.45, 2.75) is 32.6 Å². The third-order valence-corrected chi connectivity index (χ3v) is 3.06. The minimum Gasteiger partial charge on any atom is -0.381 e. The van der Waals surface area contributed by atoms with Gasteiger partial charge in [-0.05, 0) is 24.7 Å². The third-order valence-electron chi connectivity index (χ3n) is 3.06. The largest absolute Gasteiger partial charge is 0.381 e. The Kier molecular flexibility index (Phi) is 3.19. The highest BCUT2D eigenvalue weighted by atomic mass is 15.1.